The maximum absolute atomic E-state index is 13.7. The summed E-state index contributed by atoms with van der Waals surface area (Å²) >= 11 is 14.7. The molecular weight excluding hydrogens is 430 g/mol. The van der Waals surface area contributed by atoms with Crippen molar-refractivity contribution in [3.8, 4) is 0 Å². The van der Waals surface area contributed by atoms with Crippen LogP contribution in [0.15, 0.2) is 21.8 Å². The number of benzene rings is 1. The molecule has 1 aliphatic heterocycles. The minimum atomic E-state index is -0.808. The molecule has 2 N–H and O–H groups in total. The second kappa shape index (κ2) is 7.69. The molecule has 0 atom stereocenters. The van der Waals surface area contributed by atoms with E-state index in [2.05, 4.69) is 26.0 Å². The number of nitrogens with zero attached hydrogens (tertiary/aromatic N) is 1. The Morgan fingerprint density at radius 1 is 1.54 bits per heavy atom. The van der Waals surface area contributed by atoms with Gasteiger partial charge in [-0.05, 0) is 22.0 Å². The molecule has 0 radical (unpaired) electrons. The summed E-state index contributed by atoms with van der Waals surface area (Å²) in [5.41, 5.74) is 0.246. The molecule has 24 heavy (non-hydrogen) atoms. The number of ether oxygens (including phenoxy) is 1. The van der Waals surface area contributed by atoms with Gasteiger partial charge in [0, 0.05) is 6.54 Å². The minimum absolute atomic E-state index is 0.0192. The molecule has 1 aromatic carbocycles. The van der Waals surface area contributed by atoms with Crippen LogP contribution in [0.2, 0.25) is 10.0 Å². The highest BCUT2D eigenvalue weighted by atomic mass is 79.9. The number of rotatable bonds is 5. The summed E-state index contributed by atoms with van der Waals surface area (Å²) in [4.78, 5) is 25.6. The van der Waals surface area contributed by atoms with Crippen LogP contribution in [-0.2, 0) is 14.3 Å². The molecule has 0 saturated heterocycles. The van der Waals surface area contributed by atoms with Gasteiger partial charge in [-0.3, -0.25) is 4.79 Å². The van der Waals surface area contributed by atoms with Gasteiger partial charge in [-0.15, -0.1) is 0 Å². The molecule has 10 heteroatoms. The maximum atomic E-state index is 13.7. The molecule has 0 fully saturated rings. The van der Waals surface area contributed by atoms with Crippen LogP contribution in [-0.4, -0.2) is 48.7 Å². The number of aliphatic hydroxyl groups is 1. The van der Waals surface area contributed by atoms with Crippen LogP contribution < -0.4 is 5.32 Å². The normalized spacial score (nSPS) is 14.4. The van der Waals surface area contributed by atoms with E-state index in [1.54, 1.807) is 0 Å². The standard InChI is InChI=1S/C14H12BrCl2FN2O4/c1-24-14(23)6-5-20(2-3-21)13(22)12(6)19-8-4-7(16)11(18)10(17)9(8)15/h4,19,21H,2-3,5H2,1H3. The molecule has 0 bridgehead atoms. The molecule has 1 aromatic rings. The molecule has 6 nitrogen and oxygen atoms in total. The van der Waals surface area contributed by atoms with Gasteiger partial charge in [0.15, 0.2) is 5.82 Å². The summed E-state index contributed by atoms with van der Waals surface area (Å²) in [7, 11) is 1.19. The molecule has 2 rings (SSSR count). The van der Waals surface area contributed by atoms with Crippen molar-refractivity contribution in [2.75, 3.05) is 32.1 Å². The topological polar surface area (TPSA) is 78.9 Å². The summed E-state index contributed by atoms with van der Waals surface area (Å²) in [6, 6.07) is 1.23. The van der Waals surface area contributed by atoms with Crippen LogP contribution in [0.4, 0.5) is 10.1 Å². The Hall–Kier alpha value is -1.35. The van der Waals surface area contributed by atoms with E-state index in [1.807, 2.05) is 0 Å². The SMILES string of the molecule is COC(=O)C1=C(Nc2cc(Cl)c(F)c(Cl)c2Br)C(=O)N(CCO)C1. The van der Waals surface area contributed by atoms with Gasteiger partial charge in [0.25, 0.3) is 5.91 Å². The molecule has 0 saturated carbocycles. The van der Waals surface area contributed by atoms with Gasteiger partial charge in [0.2, 0.25) is 0 Å². The summed E-state index contributed by atoms with van der Waals surface area (Å²) in [5.74, 6) is -2.01. The van der Waals surface area contributed by atoms with Gasteiger partial charge in [0.1, 0.15) is 5.70 Å². The van der Waals surface area contributed by atoms with E-state index in [1.165, 1.54) is 18.1 Å². The lowest BCUT2D eigenvalue weighted by Gasteiger charge is -2.16. The number of carbonyl (C=O) groups excluding carboxylic acids is 2. The molecule has 0 aliphatic carbocycles. The number of methoxy groups -OCH3 is 1. The van der Waals surface area contributed by atoms with Crippen molar-refractivity contribution < 1.29 is 23.8 Å². The zero-order valence-electron chi connectivity index (χ0n) is 12.3. The number of carbonyl (C=O) groups is 2. The summed E-state index contributed by atoms with van der Waals surface area (Å²) < 4.78 is 18.5. The third kappa shape index (κ3) is 3.51. The Kier molecular flexibility index (Phi) is 6.08. The lowest BCUT2D eigenvalue weighted by Crippen LogP contribution is -2.31. The number of nitrogens with one attached hydrogen (secondary N) is 1. The van der Waals surface area contributed by atoms with Crippen LogP contribution in [0.1, 0.15) is 0 Å². The lowest BCUT2D eigenvalue weighted by molar-refractivity contribution is -0.136. The zero-order valence-corrected chi connectivity index (χ0v) is 15.4. The van der Waals surface area contributed by atoms with E-state index in [0.717, 1.165) is 0 Å². The van der Waals surface area contributed by atoms with E-state index in [0.29, 0.717) is 0 Å². The summed E-state index contributed by atoms with van der Waals surface area (Å²) in [6.45, 7) is -0.226. The second-order valence-corrected chi connectivity index (χ2v) is 6.35. The van der Waals surface area contributed by atoms with Crippen LogP contribution >= 0.6 is 39.1 Å². The van der Waals surface area contributed by atoms with Crippen LogP contribution in [0.5, 0.6) is 0 Å². The van der Waals surface area contributed by atoms with Gasteiger partial charge in [-0.2, -0.15) is 0 Å². The molecule has 0 unspecified atom stereocenters. The maximum Gasteiger partial charge on any atom is 0.337 e. The fourth-order valence-corrected chi connectivity index (χ4v) is 2.99. The van der Waals surface area contributed by atoms with E-state index in [9.17, 15) is 14.0 Å². The van der Waals surface area contributed by atoms with Crippen molar-refractivity contribution in [1.29, 1.82) is 0 Å². The number of amides is 1. The Balaban J connectivity index is 2.45. The fraction of sp³-hybridized carbons (Fsp3) is 0.286. The van der Waals surface area contributed by atoms with Crippen LogP contribution in [0, 0.1) is 5.82 Å². The van der Waals surface area contributed by atoms with Gasteiger partial charge in [-0.25, -0.2) is 9.18 Å². The fourth-order valence-electron chi connectivity index (χ4n) is 2.15. The van der Waals surface area contributed by atoms with Gasteiger partial charge >= 0.3 is 5.97 Å². The predicted molar refractivity (Wildman–Crippen MR) is 90.5 cm³/mol. The van der Waals surface area contributed by atoms with Gasteiger partial charge < -0.3 is 20.1 Å². The number of β-amino-alcohol motifs (C(OH)–C–C–N with tert-alkyl or cyclic N) is 1. The molecule has 1 amide bonds. The number of aliphatic hydroxyl groups excluding tert-OH is 1. The third-order valence-corrected chi connectivity index (χ3v) is 5.00. The van der Waals surface area contributed by atoms with Crippen molar-refractivity contribution in [3.05, 3.63) is 37.7 Å². The lowest BCUT2D eigenvalue weighted by atomic mass is 10.2. The Morgan fingerprint density at radius 3 is 2.79 bits per heavy atom. The minimum Gasteiger partial charge on any atom is -0.466 e. The van der Waals surface area contributed by atoms with Crippen molar-refractivity contribution in [2.45, 2.75) is 0 Å². The van der Waals surface area contributed by atoms with Crippen molar-refractivity contribution in [2.24, 2.45) is 0 Å². The van der Waals surface area contributed by atoms with E-state index >= 15 is 0 Å². The van der Waals surface area contributed by atoms with Crippen LogP contribution in [0.25, 0.3) is 0 Å². The number of anilines is 1. The largest absolute Gasteiger partial charge is 0.466 e. The molecule has 1 aliphatic rings. The number of halogens is 4. The molecule has 1 heterocycles. The third-order valence-electron chi connectivity index (χ3n) is 3.32. The van der Waals surface area contributed by atoms with E-state index in [4.69, 9.17) is 28.3 Å². The van der Waals surface area contributed by atoms with Crippen molar-refractivity contribution in [3.63, 3.8) is 0 Å². The molecular formula is C14H12BrCl2FN2O4. The first-order valence-electron chi connectivity index (χ1n) is 6.63. The second-order valence-electron chi connectivity index (χ2n) is 4.77. The average Bonchev–Trinajstić information content (AvgIpc) is 2.87. The van der Waals surface area contributed by atoms with Gasteiger partial charge in [0.05, 0.1) is 46.0 Å². The molecule has 0 spiro atoms. The van der Waals surface area contributed by atoms with Gasteiger partial charge in [-0.1, -0.05) is 23.2 Å². The first-order valence-corrected chi connectivity index (χ1v) is 8.18. The highest BCUT2D eigenvalue weighted by Gasteiger charge is 2.35. The average molecular weight is 442 g/mol. The number of esters is 1. The first-order chi connectivity index (χ1) is 11.3. The molecule has 130 valence electrons. The number of hydrogen-bond acceptors (Lipinski definition) is 5. The summed E-state index contributed by atoms with van der Waals surface area (Å²) in [5, 5.41) is 11.3. The Bertz CT molecular complexity index is 742. The first kappa shape index (κ1) is 19.0. The van der Waals surface area contributed by atoms with E-state index in [-0.39, 0.29) is 51.2 Å². The van der Waals surface area contributed by atoms with Crippen LogP contribution in [0.3, 0.4) is 0 Å². The quantitative estimate of drug-likeness (QED) is 0.417. The van der Waals surface area contributed by atoms with Crippen molar-refractivity contribution >= 4 is 56.7 Å². The number of hydrogen-bond donors (Lipinski definition) is 2. The summed E-state index contributed by atoms with van der Waals surface area (Å²) in [6.07, 6.45) is 0. The highest BCUT2D eigenvalue weighted by Crippen LogP contribution is 2.38. The smallest absolute Gasteiger partial charge is 0.337 e. The highest BCUT2D eigenvalue weighted by molar-refractivity contribution is 9.10. The Morgan fingerprint density at radius 2 is 2.21 bits per heavy atom. The molecule has 0 aromatic heterocycles. The Labute approximate surface area is 155 Å². The monoisotopic (exact) mass is 440 g/mol. The zero-order chi connectivity index (χ0) is 18.0. The van der Waals surface area contributed by atoms with E-state index < -0.39 is 17.7 Å². The van der Waals surface area contributed by atoms with Crippen molar-refractivity contribution in [1.82, 2.24) is 4.90 Å². The predicted octanol–water partition coefficient (Wildman–Crippen LogP) is 2.57.